The lowest BCUT2D eigenvalue weighted by Gasteiger charge is -2.47. The van der Waals surface area contributed by atoms with E-state index in [0.29, 0.717) is 0 Å². The fourth-order valence-electron chi connectivity index (χ4n) is 2.30. The monoisotopic (exact) mass is 242 g/mol. The number of carbonyl (C=O) groups excluding carboxylic acids is 1. The van der Waals surface area contributed by atoms with Crippen molar-refractivity contribution in [3.05, 3.63) is 0 Å². The third kappa shape index (κ3) is 3.40. The van der Waals surface area contributed by atoms with Crippen LogP contribution in [0.2, 0.25) is 0 Å². The van der Waals surface area contributed by atoms with Crippen molar-refractivity contribution >= 4 is 5.91 Å². The molecule has 17 heavy (non-hydrogen) atoms. The van der Waals surface area contributed by atoms with Gasteiger partial charge in [0.2, 0.25) is 5.91 Å². The van der Waals surface area contributed by atoms with Crippen LogP contribution >= 0.6 is 0 Å². The summed E-state index contributed by atoms with van der Waals surface area (Å²) in [5.74, 6) is 5.11. The van der Waals surface area contributed by atoms with Crippen LogP contribution in [-0.4, -0.2) is 54.5 Å². The van der Waals surface area contributed by atoms with Gasteiger partial charge in [0.15, 0.2) is 0 Å². The van der Waals surface area contributed by atoms with Gasteiger partial charge in [-0.15, -0.1) is 0 Å². The van der Waals surface area contributed by atoms with Crippen LogP contribution in [0, 0.1) is 5.41 Å². The molecule has 1 aliphatic rings. The molecule has 5 nitrogen and oxygen atoms in total. The molecule has 0 aliphatic carbocycles. The van der Waals surface area contributed by atoms with Crippen molar-refractivity contribution in [3.63, 3.8) is 0 Å². The number of nitrogens with zero attached hydrogens (tertiary/aromatic N) is 2. The highest BCUT2D eigenvalue weighted by atomic mass is 16.2. The first-order valence-corrected chi connectivity index (χ1v) is 6.14. The van der Waals surface area contributed by atoms with Crippen molar-refractivity contribution in [1.82, 2.24) is 15.2 Å². The summed E-state index contributed by atoms with van der Waals surface area (Å²) < 4.78 is 0. The Bertz CT molecular complexity index is 288. The Hall–Kier alpha value is -0.650. The third-order valence-electron chi connectivity index (χ3n) is 3.76. The van der Waals surface area contributed by atoms with Gasteiger partial charge in [-0.1, -0.05) is 0 Å². The fraction of sp³-hybridized carbons (Fsp3) is 0.917. The van der Waals surface area contributed by atoms with E-state index in [1.54, 1.807) is 0 Å². The van der Waals surface area contributed by atoms with Gasteiger partial charge < -0.3 is 0 Å². The van der Waals surface area contributed by atoms with E-state index in [-0.39, 0.29) is 11.4 Å². The van der Waals surface area contributed by atoms with Gasteiger partial charge >= 0.3 is 0 Å². The van der Waals surface area contributed by atoms with Crippen molar-refractivity contribution in [1.29, 1.82) is 0 Å². The first-order chi connectivity index (χ1) is 7.69. The fourth-order valence-corrected chi connectivity index (χ4v) is 2.30. The highest BCUT2D eigenvalue weighted by molar-refractivity contribution is 5.81. The van der Waals surface area contributed by atoms with Crippen LogP contribution in [0.25, 0.3) is 0 Å². The Balaban J connectivity index is 2.62. The molecule has 0 radical (unpaired) electrons. The SMILES string of the molecule is CN1CCN(CC(C)(C)C(=O)NN)CC1(C)C. The summed E-state index contributed by atoms with van der Waals surface area (Å²) >= 11 is 0. The normalized spacial score (nSPS) is 22.5. The van der Waals surface area contributed by atoms with Crippen molar-refractivity contribution in [2.24, 2.45) is 11.3 Å². The Kier molecular flexibility index (Phi) is 4.17. The zero-order valence-corrected chi connectivity index (χ0v) is 11.7. The first-order valence-electron chi connectivity index (χ1n) is 6.14. The zero-order chi connectivity index (χ0) is 13.3. The zero-order valence-electron chi connectivity index (χ0n) is 11.7. The first kappa shape index (κ1) is 14.4. The van der Waals surface area contributed by atoms with Crippen LogP contribution in [-0.2, 0) is 4.79 Å². The maximum atomic E-state index is 11.7. The summed E-state index contributed by atoms with van der Waals surface area (Å²) in [6.07, 6.45) is 0. The molecule has 1 rings (SSSR count). The van der Waals surface area contributed by atoms with Gasteiger partial charge in [0.05, 0.1) is 5.41 Å². The van der Waals surface area contributed by atoms with Crippen molar-refractivity contribution < 1.29 is 4.79 Å². The minimum atomic E-state index is -0.444. The molecule has 1 heterocycles. The second-order valence-electron chi connectivity index (χ2n) is 6.30. The summed E-state index contributed by atoms with van der Waals surface area (Å²) in [5, 5.41) is 0. The van der Waals surface area contributed by atoms with E-state index in [1.807, 2.05) is 13.8 Å². The topological polar surface area (TPSA) is 61.6 Å². The molecule has 1 saturated heterocycles. The maximum Gasteiger partial charge on any atom is 0.240 e. The number of likely N-dealkylation sites (N-methyl/N-ethyl adjacent to an activating group) is 1. The Morgan fingerprint density at radius 2 is 2.00 bits per heavy atom. The largest absolute Gasteiger partial charge is 0.299 e. The summed E-state index contributed by atoms with van der Waals surface area (Å²) in [6.45, 7) is 12.1. The van der Waals surface area contributed by atoms with E-state index < -0.39 is 5.41 Å². The Morgan fingerprint density at radius 1 is 1.41 bits per heavy atom. The van der Waals surface area contributed by atoms with Gasteiger partial charge in [0.25, 0.3) is 0 Å². The molecule has 0 aromatic heterocycles. The van der Waals surface area contributed by atoms with E-state index in [9.17, 15) is 4.79 Å². The lowest BCUT2D eigenvalue weighted by molar-refractivity contribution is -0.131. The van der Waals surface area contributed by atoms with Crippen LogP contribution in [0.4, 0.5) is 0 Å². The highest BCUT2D eigenvalue weighted by Crippen LogP contribution is 2.23. The number of hydrazine groups is 1. The predicted molar refractivity (Wildman–Crippen MR) is 69.3 cm³/mol. The van der Waals surface area contributed by atoms with Gasteiger partial charge in [-0.3, -0.25) is 20.0 Å². The predicted octanol–water partition coefficient (Wildman–Crippen LogP) is 0.0285. The van der Waals surface area contributed by atoms with Crippen molar-refractivity contribution in [3.8, 4) is 0 Å². The number of piperazine rings is 1. The molecule has 0 bridgehead atoms. The summed E-state index contributed by atoms with van der Waals surface area (Å²) in [5.41, 5.74) is 1.96. The van der Waals surface area contributed by atoms with E-state index in [4.69, 9.17) is 5.84 Å². The smallest absolute Gasteiger partial charge is 0.240 e. The van der Waals surface area contributed by atoms with Crippen molar-refractivity contribution in [2.75, 3.05) is 33.2 Å². The average Bonchev–Trinajstić information content (AvgIpc) is 2.21. The molecule has 5 heteroatoms. The number of nitrogens with two attached hydrogens (primary N) is 1. The maximum absolute atomic E-state index is 11.7. The molecule has 0 aromatic carbocycles. The van der Waals surface area contributed by atoms with Gasteiger partial charge in [0, 0.05) is 31.7 Å². The minimum Gasteiger partial charge on any atom is -0.299 e. The van der Waals surface area contributed by atoms with Crippen LogP contribution in [0.15, 0.2) is 0 Å². The Morgan fingerprint density at radius 3 is 2.47 bits per heavy atom. The number of hydrogen-bond donors (Lipinski definition) is 2. The Labute approximate surface area is 104 Å². The standard InChI is InChI=1S/C12H26N4O/c1-11(2,10(17)14-13)8-16-7-6-15(5)12(3,4)9-16/h6-9,13H2,1-5H3,(H,14,17). The van der Waals surface area contributed by atoms with Gasteiger partial charge in [-0.25, -0.2) is 5.84 Å². The minimum absolute atomic E-state index is 0.103. The van der Waals surface area contributed by atoms with Crippen LogP contribution in [0.3, 0.4) is 0 Å². The van der Waals surface area contributed by atoms with Crippen LogP contribution in [0.1, 0.15) is 27.7 Å². The molecular weight excluding hydrogens is 216 g/mol. The summed E-state index contributed by atoms with van der Waals surface area (Å²) in [6, 6.07) is 0. The second kappa shape index (κ2) is 4.92. The molecule has 0 atom stereocenters. The molecule has 1 amide bonds. The lowest BCUT2D eigenvalue weighted by Crippen LogP contribution is -2.60. The molecule has 100 valence electrons. The molecular formula is C12H26N4O. The van der Waals surface area contributed by atoms with Gasteiger partial charge in [-0.2, -0.15) is 0 Å². The number of hydrogen-bond acceptors (Lipinski definition) is 4. The molecule has 1 aliphatic heterocycles. The third-order valence-corrected chi connectivity index (χ3v) is 3.76. The van der Waals surface area contributed by atoms with E-state index in [0.717, 1.165) is 26.2 Å². The van der Waals surface area contributed by atoms with E-state index >= 15 is 0 Å². The van der Waals surface area contributed by atoms with Crippen LogP contribution in [0.5, 0.6) is 0 Å². The van der Waals surface area contributed by atoms with Crippen LogP contribution < -0.4 is 11.3 Å². The average molecular weight is 242 g/mol. The quantitative estimate of drug-likeness (QED) is 0.416. The van der Waals surface area contributed by atoms with E-state index in [2.05, 4.69) is 36.1 Å². The molecule has 0 aromatic rings. The van der Waals surface area contributed by atoms with Gasteiger partial charge in [-0.05, 0) is 34.7 Å². The molecule has 0 spiro atoms. The number of amides is 1. The molecule has 3 N–H and O–H groups in total. The molecule has 1 fully saturated rings. The van der Waals surface area contributed by atoms with Gasteiger partial charge in [0.1, 0.15) is 0 Å². The summed E-state index contributed by atoms with van der Waals surface area (Å²) in [4.78, 5) is 16.4. The second-order valence-corrected chi connectivity index (χ2v) is 6.30. The molecule has 0 unspecified atom stereocenters. The number of rotatable bonds is 3. The summed E-state index contributed by atoms with van der Waals surface area (Å²) in [7, 11) is 2.15. The van der Waals surface area contributed by atoms with E-state index in [1.165, 1.54) is 0 Å². The molecule has 0 saturated carbocycles. The number of nitrogens with one attached hydrogen (secondary N) is 1. The highest BCUT2D eigenvalue weighted by Gasteiger charge is 2.35. The lowest BCUT2D eigenvalue weighted by atomic mass is 9.90. The number of carbonyl (C=O) groups is 1. The van der Waals surface area contributed by atoms with Crippen molar-refractivity contribution in [2.45, 2.75) is 33.2 Å².